The molecule has 0 aliphatic carbocycles. The van der Waals surface area contributed by atoms with Crippen LogP contribution in [0.2, 0.25) is 0 Å². The number of nitro groups is 1. The minimum absolute atomic E-state index is 0.0867. The van der Waals surface area contributed by atoms with E-state index in [1.54, 1.807) is 23.1 Å². The van der Waals surface area contributed by atoms with Gasteiger partial charge < -0.3 is 4.57 Å². The highest BCUT2D eigenvalue weighted by Crippen LogP contribution is 2.35. The van der Waals surface area contributed by atoms with Gasteiger partial charge in [0.25, 0.3) is 11.6 Å². The Morgan fingerprint density at radius 3 is 2.44 bits per heavy atom. The second kappa shape index (κ2) is 9.24. The maximum atomic E-state index is 13.1. The number of para-hydroxylation sites is 2. The zero-order valence-corrected chi connectivity index (χ0v) is 19.6. The molecule has 0 radical (unpaired) electrons. The summed E-state index contributed by atoms with van der Waals surface area (Å²) in [6.07, 6.45) is 3.80. The normalized spacial score (nSPS) is 14.9. The summed E-state index contributed by atoms with van der Waals surface area (Å²) in [7, 11) is 0. The van der Waals surface area contributed by atoms with E-state index in [-0.39, 0.29) is 16.5 Å². The van der Waals surface area contributed by atoms with Crippen LogP contribution in [-0.2, 0) is 17.9 Å². The summed E-state index contributed by atoms with van der Waals surface area (Å²) in [6.45, 7) is 0.781. The van der Waals surface area contributed by atoms with E-state index in [9.17, 15) is 14.9 Å². The Kier molecular flexibility index (Phi) is 6.00. The number of nitro benzene ring substituents is 1. The van der Waals surface area contributed by atoms with Crippen molar-refractivity contribution in [3.05, 3.63) is 117 Å². The molecule has 6 nitrogen and oxygen atoms in total. The quantitative estimate of drug-likeness (QED) is 0.145. The van der Waals surface area contributed by atoms with Gasteiger partial charge in [-0.05, 0) is 17.7 Å². The second-order valence-electron chi connectivity index (χ2n) is 7.87. The van der Waals surface area contributed by atoms with Gasteiger partial charge in [-0.15, -0.1) is 0 Å². The largest absolute Gasteiger partial charge is 0.342 e. The van der Waals surface area contributed by atoms with Crippen molar-refractivity contribution in [1.82, 2.24) is 9.47 Å². The van der Waals surface area contributed by atoms with Crippen LogP contribution in [0.15, 0.2) is 90.0 Å². The van der Waals surface area contributed by atoms with Gasteiger partial charge in [0.1, 0.15) is 4.32 Å². The summed E-state index contributed by atoms with van der Waals surface area (Å²) in [5.41, 5.74) is 3.53. The van der Waals surface area contributed by atoms with Crippen LogP contribution < -0.4 is 0 Å². The van der Waals surface area contributed by atoms with Crippen molar-refractivity contribution in [1.29, 1.82) is 0 Å². The van der Waals surface area contributed by atoms with Crippen molar-refractivity contribution in [2.24, 2.45) is 0 Å². The minimum Gasteiger partial charge on any atom is -0.342 e. The number of aromatic nitrogens is 1. The summed E-state index contributed by atoms with van der Waals surface area (Å²) in [6, 6.07) is 24.3. The van der Waals surface area contributed by atoms with E-state index in [0.717, 1.165) is 22.0 Å². The van der Waals surface area contributed by atoms with E-state index in [1.807, 2.05) is 71.4 Å². The molecule has 0 atom stereocenters. The van der Waals surface area contributed by atoms with Crippen molar-refractivity contribution in [2.45, 2.75) is 13.1 Å². The lowest BCUT2D eigenvalue weighted by atomic mass is 10.1. The summed E-state index contributed by atoms with van der Waals surface area (Å²) < 4.78 is 2.51. The number of benzene rings is 3. The molecule has 1 aliphatic rings. The summed E-state index contributed by atoms with van der Waals surface area (Å²) in [4.78, 5) is 26.4. The molecule has 5 rings (SSSR count). The van der Waals surface area contributed by atoms with Gasteiger partial charge in [0, 0.05) is 34.3 Å². The van der Waals surface area contributed by atoms with E-state index in [0.29, 0.717) is 27.9 Å². The van der Waals surface area contributed by atoms with E-state index in [1.165, 1.54) is 17.8 Å². The van der Waals surface area contributed by atoms with Gasteiger partial charge in [-0.2, -0.15) is 0 Å². The number of thioether (sulfide) groups is 1. The van der Waals surface area contributed by atoms with Crippen molar-refractivity contribution >= 4 is 56.9 Å². The molecular weight excluding hydrogens is 466 g/mol. The van der Waals surface area contributed by atoms with E-state index >= 15 is 0 Å². The Labute approximate surface area is 205 Å². The van der Waals surface area contributed by atoms with Crippen molar-refractivity contribution in [2.75, 3.05) is 0 Å². The fraction of sp³-hybridized carbons (Fsp3) is 0.0769. The first-order chi connectivity index (χ1) is 16.5. The predicted octanol–water partition coefficient (Wildman–Crippen LogP) is 6.00. The van der Waals surface area contributed by atoms with Crippen LogP contribution in [0.25, 0.3) is 17.0 Å². The molecule has 168 valence electrons. The van der Waals surface area contributed by atoms with Gasteiger partial charge in [0.05, 0.1) is 22.9 Å². The molecule has 3 aromatic carbocycles. The highest BCUT2D eigenvalue weighted by atomic mass is 32.2. The number of amides is 1. The van der Waals surface area contributed by atoms with Crippen LogP contribution in [0, 0.1) is 10.1 Å². The zero-order valence-electron chi connectivity index (χ0n) is 18.0. The second-order valence-corrected chi connectivity index (χ2v) is 9.54. The molecule has 0 bridgehead atoms. The first-order valence-electron chi connectivity index (χ1n) is 10.6. The number of rotatable bonds is 6. The predicted molar refractivity (Wildman–Crippen MR) is 139 cm³/mol. The molecule has 1 amide bonds. The highest BCUT2D eigenvalue weighted by molar-refractivity contribution is 8.26. The van der Waals surface area contributed by atoms with Gasteiger partial charge >= 0.3 is 0 Å². The lowest BCUT2D eigenvalue weighted by molar-refractivity contribution is -0.385. The molecule has 1 saturated heterocycles. The average molecular weight is 486 g/mol. The number of carbonyl (C=O) groups is 1. The van der Waals surface area contributed by atoms with Crippen LogP contribution in [0.5, 0.6) is 0 Å². The third kappa shape index (κ3) is 4.25. The summed E-state index contributed by atoms with van der Waals surface area (Å²) in [5.74, 6) is -0.116. The Bertz CT molecular complexity index is 1460. The fourth-order valence-electron chi connectivity index (χ4n) is 4.07. The average Bonchev–Trinajstić information content (AvgIpc) is 3.32. The van der Waals surface area contributed by atoms with Crippen molar-refractivity contribution in [3.63, 3.8) is 0 Å². The maximum Gasteiger partial charge on any atom is 0.274 e. The monoisotopic (exact) mass is 485 g/mol. The van der Waals surface area contributed by atoms with Gasteiger partial charge in [-0.1, -0.05) is 90.7 Å². The number of carbonyl (C=O) groups excluding carboxylic acids is 1. The van der Waals surface area contributed by atoms with E-state index < -0.39 is 0 Å². The lowest BCUT2D eigenvalue weighted by Crippen LogP contribution is -2.27. The summed E-state index contributed by atoms with van der Waals surface area (Å²) in [5, 5.41) is 12.4. The first kappa shape index (κ1) is 22.1. The molecule has 8 heteroatoms. The molecule has 1 aromatic heterocycles. The molecule has 1 aliphatic heterocycles. The number of hydrogen-bond donors (Lipinski definition) is 0. The third-order valence-corrected chi connectivity index (χ3v) is 7.07. The topological polar surface area (TPSA) is 68.4 Å². The van der Waals surface area contributed by atoms with E-state index in [4.69, 9.17) is 12.2 Å². The molecule has 0 spiro atoms. The standard InChI is InChI=1S/C26H19N3O3S2/c30-25-24(34-26(33)28(25)15-18-8-2-1-3-9-18)14-20-17-27(23-13-7-5-11-21(20)23)16-19-10-4-6-12-22(19)29(31)32/h1-14,17H,15-16H2. The zero-order chi connectivity index (χ0) is 23.7. The fourth-order valence-corrected chi connectivity index (χ4v) is 5.32. The van der Waals surface area contributed by atoms with Gasteiger partial charge in [0.15, 0.2) is 0 Å². The minimum atomic E-state index is -0.361. The molecule has 4 aromatic rings. The highest BCUT2D eigenvalue weighted by Gasteiger charge is 2.32. The summed E-state index contributed by atoms with van der Waals surface area (Å²) >= 11 is 6.79. The lowest BCUT2D eigenvalue weighted by Gasteiger charge is -2.14. The number of hydrogen-bond acceptors (Lipinski definition) is 5. The van der Waals surface area contributed by atoms with Crippen LogP contribution in [0.4, 0.5) is 5.69 Å². The Balaban J connectivity index is 1.49. The number of nitrogens with zero attached hydrogens (tertiary/aromatic N) is 3. The van der Waals surface area contributed by atoms with Gasteiger partial charge in [-0.3, -0.25) is 19.8 Å². The number of thiocarbonyl (C=S) groups is 1. The Morgan fingerprint density at radius 2 is 1.65 bits per heavy atom. The van der Waals surface area contributed by atoms with Gasteiger partial charge in [-0.25, -0.2) is 0 Å². The first-order valence-corrected chi connectivity index (χ1v) is 11.8. The van der Waals surface area contributed by atoms with Crippen LogP contribution in [0.3, 0.4) is 0 Å². The van der Waals surface area contributed by atoms with Crippen LogP contribution >= 0.6 is 24.0 Å². The molecule has 0 N–H and O–H groups in total. The SMILES string of the molecule is O=C1C(=Cc2cn(Cc3ccccc3[N+](=O)[O-])c3ccccc23)SC(=S)N1Cc1ccccc1. The molecule has 2 heterocycles. The van der Waals surface area contributed by atoms with Crippen LogP contribution in [-0.4, -0.2) is 24.6 Å². The molecule has 1 fully saturated rings. The number of fused-ring (bicyclic) bond motifs is 1. The maximum absolute atomic E-state index is 13.1. The molecule has 0 unspecified atom stereocenters. The third-order valence-electron chi connectivity index (χ3n) is 5.69. The van der Waals surface area contributed by atoms with Crippen molar-refractivity contribution in [3.8, 4) is 0 Å². The smallest absolute Gasteiger partial charge is 0.274 e. The molecule has 34 heavy (non-hydrogen) atoms. The van der Waals surface area contributed by atoms with E-state index in [2.05, 4.69) is 0 Å². The van der Waals surface area contributed by atoms with Crippen LogP contribution in [0.1, 0.15) is 16.7 Å². The van der Waals surface area contributed by atoms with Gasteiger partial charge in [0.2, 0.25) is 0 Å². The van der Waals surface area contributed by atoms with Crippen molar-refractivity contribution < 1.29 is 9.72 Å². The Hall–Kier alpha value is -3.75. The Morgan fingerprint density at radius 1 is 0.941 bits per heavy atom. The molecular formula is C26H19N3O3S2. The molecule has 0 saturated carbocycles.